The number of aromatic nitrogens is 1. The minimum Gasteiger partial charge on any atom is -0.313 e. The lowest BCUT2D eigenvalue weighted by atomic mass is 10.1. The fraction of sp³-hybridized carbons (Fsp3) is 0.583. The zero-order valence-corrected chi connectivity index (χ0v) is 11.3. The second-order valence-corrected chi connectivity index (χ2v) is 6.28. The smallest absolute Gasteiger partial charge is 0.129 e. The molecule has 0 bridgehead atoms. The monoisotopic (exact) mass is 272 g/mol. The first-order chi connectivity index (χ1) is 8.24. The lowest BCUT2D eigenvalue weighted by Crippen LogP contribution is -2.38. The van der Waals surface area contributed by atoms with Gasteiger partial charge in [-0.25, -0.2) is 4.98 Å². The van der Waals surface area contributed by atoms with Crippen molar-refractivity contribution >= 4 is 22.4 Å². The number of rotatable bonds is 4. The largest absolute Gasteiger partial charge is 0.313 e. The Morgan fingerprint density at radius 3 is 3.00 bits per heavy atom. The molecule has 1 aliphatic rings. The van der Waals surface area contributed by atoms with E-state index in [1.165, 1.54) is 12.8 Å². The fourth-order valence-electron chi connectivity index (χ4n) is 2.03. The number of hydrogen-bond donors (Lipinski definition) is 1. The van der Waals surface area contributed by atoms with Crippen LogP contribution >= 0.6 is 11.6 Å². The Kier molecular flexibility index (Phi) is 4.95. The van der Waals surface area contributed by atoms with Crippen molar-refractivity contribution in [3.05, 3.63) is 29.0 Å². The van der Waals surface area contributed by atoms with E-state index in [1.807, 2.05) is 6.07 Å². The van der Waals surface area contributed by atoms with Crippen molar-refractivity contribution < 1.29 is 4.21 Å². The van der Waals surface area contributed by atoms with Gasteiger partial charge in [-0.05, 0) is 31.0 Å². The summed E-state index contributed by atoms with van der Waals surface area (Å²) in [5, 5.41) is 3.90. The number of piperidine rings is 1. The topological polar surface area (TPSA) is 42.0 Å². The van der Waals surface area contributed by atoms with Gasteiger partial charge in [0, 0.05) is 28.8 Å². The summed E-state index contributed by atoms with van der Waals surface area (Å²) in [6.45, 7) is 1.06. The van der Waals surface area contributed by atoms with E-state index in [2.05, 4.69) is 10.3 Å². The van der Waals surface area contributed by atoms with Crippen molar-refractivity contribution in [3.8, 4) is 0 Å². The summed E-state index contributed by atoms with van der Waals surface area (Å²) < 4.78 is 12.0. The van der Waals surface area contributed by atoms with Gasteiger partial charge in [-0.15, -0.1) is 0 Å². The molecule has 1 aliphatic heterocycles. The molecule has 0 unspecified atom stereocenters. The van der Waals surface area contributed by atoms with Crippen LogP contribution in [0.2, 0.25) is 5.15 Å². The minimum atomic E-state index is -0.821. The highest BCUT2D eigenvalue weighted by Gasteiger charge is 2.15. The van der Waals surface area contributed by atoms with E-state index < -0.39 is 10.8 Å². The maximum atomic E-state index is 12.0. The van der Waals surface area contributed by atoms with Crippen molar-refractivity contribution in [1.82, 2.24) is 10.3 Å². The summed E-state index contributed by atoms with van der Waals surface area (Å²) in [5.41, 5.74) is 0.989. The second kappa shape index (κ2) is 6.47. The van der Waals surface area contributed by atoms with Crippen LogP contribution in [0, 0.1) is 0 Å². The van der Waals surface area contributed by atoms with Gasteiger partial charge in [-0.2, -0.15) is 0 Å². The quantitative estimate of drug-likeness (QED) is 0.854. The highest BCUT2D eigenvalue weighted by atomic mass is 35.5. The van der Waals surface area contributed by atoms with Crippen LogP contribution in [0.1, 0.15) is 24.8 Å². The average Bonchev–Trinajstić information content (AvgIpc) is 2.33. The fourth-order valence-corrected chi connectivity index (χ4v) is 3.53. The minimum absolute atomic E-state index is 0.421. The molecule has 2 atom stereocenters. The highest BCUT2D eigenvalue weighted by molar-refractivity contribution is 7.84. The van der Waals surface area contributed by atoms with E-state index in [-0.39, 0.29) is 0 Å². The van der Waals surface area contributed by atoms with Crippen molar-refractivity contribution in [3.63, 3.8) is 0 Å². The highest BCUT2D eigenvalue weighted by Crippen LogP contribution is 2.11. The summed E-state index contributed by atoms with van der Waals surface area (Å²) in [4.78, 5) is 3.99. The van der Waals surface area contributed by atoms with Gasteiger partial charge < -0.3 is 5.32 Å². The van der Waals surface area contributed by atoms with Crippen LogP contribution in [0.5, 0.6) is 0 Å². The summed E-state index contributed by atoms with van der Waals surface area (Å²) in [7, 11) is -0.821. The summed E-state index contributed by atoms with van der Waals surface area (Å²) in [6.07, 6.45) is 5.33. The van der Waals surface area contributed by atoms with E-state index in [9.17, 15) is 4.21 Å². The van der Waals surface area contributed by atoms with Crippen molar-refractivity contribution in [2.75, 3.05) is 12.3 Å². The van der Waals surface area contributed by atoms with E-state index in [0.717, 1.165) is 24.3 Å². The molecule has 94 valence electrons. The van der Waals surface area contributed by atoms with Gasteiger partial charge in [0.2, 0.25) is 0 Å². The van der Waals surface area contributed by atoms with E-state index in [0.29, 0.717) is 16.9 Å². The predicted octanol–water partition coefficient (Wildman–Crippen LogP) is 2.13. The normalized spacial score (nSPS) is 22.3. The van der Waals surface area contributed by atoms with Crippen molar-refractivity contribution in [2.24, 2.45) is 0 Å². The Hall–Kier alpha value is -0.450. The molecule has 1 N–H and O–H groups in total. The van der Waals surface area contributed by atoms with Crippen LogP contribution in [0.15, 0.2) is 18.3 Å². The molecule has 2 heterocycles. The maximum absolute atomic E-state index is 12.0. The number of nitrogens with zero attached hydrogens (tertiary/aromatic N) is 1. The molecule has 1 fully saturated rings. The van der Waals surface area contributed by atoms with Gasteiger partial charge in [0.05, 0.1) is 5.75 Å². The van der Waals surface area contributed by atoms with Gasteiger partial charge in [0.15, 0.2) is 0 Å². The molecule has 1 saturated heterocycles. The van der Waals surface area contributed by atoms with E-state index >= 15 is 0 Å². The van der Waals surface area contributed by atoms with Crippen LogP contribution in [0.4, 0.5) is 0 Å². The lowest BCUT2D eigenvalue weighted by Gasteiger charge is -2.22. The Labute approximate surface area is 109 Å². The summed E-state index contributed by atoms with van der Waals surface area (Å²) in [6, 6.07) is 4.05. The number of hydrogen-bond acceptors (Lipinski definition) is 3. The molecule has 3 nitrogen and oxygen atoms in total. The number of pyridine rings is 1. The molecule has 1 aromatic rings. The number of nitrogens with one attached hydrogen (secondary N) is 1. The average molecular weight is 273 g/mol. The maximum Gasteiger partial charge on any atom is 0.129 e. The zero-order chi connectivity index (χ0) is 12.1. The SMILES string of the molecule is O=[S@](Cc1ccc(Cl)nc1)C[C@@H]1CCCCN1. The van der Waals surface area contributed by atoms with Crippen LogP contribution in [-0.4, -0.2) is 27.5 Å². The van der Waals surface area contributed by atoms with E-state index in [1.54, 1.807) is 12.3 Å². The molecular formula is C12H17ClN2OS. The molecule has 0 amide bonds. The summed E-state index contributed by atoms with van der Waals surface area (Å²) in [5.74, 6) is 1.31. The third-order valence-corrected chi connectivity index (χ3v) is 4.57. The standard InChI is InChI=1S/C12H17ClN2OS/c13-12-5-4-10(7-15-12)8-17(16)9-11-3-1-2-6-14-11/h4-5,7,11,14H,1-3,6,8-9H2/t11-,17+/m0/s1. The molecule has 0 aromatic carbocycles. The van der Waals surface area contributed by atoms with Crippen LogP contribution in [-0.2, 0) is 16.6 Å². The van der Waals surface area contributed by atoms with Gasteiger partial charge >= 0.3 is 0 Å². The number of halogens is 1. The van der Waals surface area contributed by atoms with Crippen molar-refractivity contribution in [2.45, 2.75) is 31.1 Å². The Balaban J connectivity index is 1.82. The first kappa shape index (κ1) is 13.0. The van der Waals surface area contributed by atoms with Gasteiger partial charge in [0.1, 0.15) is 5.15 Å². The third-order valence-electron chi connectivity index (χ3n) is 2.92. The third kappa shape index (κ3) is 4.37. The molecule has 0 spiro atoms. The molecular weight excluding hydrogens is 256 g/mol. The van der Waals surface area contributed by atoms with Crippen LogP contribution < -0.4 is 5.32 Å². The van der Waals surface area contributed by atoms with Crippen molar-refractivity contribution in [1.29, 1.82) is 0 Å². The molecule has 17 heavy (non-hydrogen) atoms. The molecule has 0 radical (unpaired) electrons. The Bertz CT molecular complexity index is 377. The first-order valence-electron chi connectivity index (χ1n) is 5.93. The summed E-state index contributed by atoms with van der Waals surface area (Å²) >= 11 is 5.71. The molecule has 0 saturated carbocycles. The first-order valence-corrected chi connectivity index (χ1v) is 7.79. The lowest BCUT2D eigenvalue weighted by molar-refractivity contribution is 0.427. The molecule has 0 aliphatic carbocycles. The zero-order valence-electron chi connectivity index (χ0n) is 9.69. The molecule has 1 aromatic heterocycles. The van der Waals surface area contributed by atoms with Gasteiger partial charge in [0.25, 0.3) is 0 Å². The Morgan fingerprint density at radius 2 is 2.35 bits per heavy atom. The van der Waals surface area contributed by atoms with Gasteiger partial charge in [-0.1, -0.05) is 24.1 Å². The molecule has 5 heteroatoms. The molecule has 2 rings (SSSR count). The van der Waals surface area contributed by atoms with E-state index in [4.69, 9.17) is 11.6 Å². The second-order valence-electron chi connectivity index (χ2n) is 4.39. The predicted molar refractivity (Wildman–Crippen MR) is 71.6 cm³/mol. The Morgan fingerprint density at radius 1 is 1.47 bits per heavy atom. The van der Waals surface area contributed by atoms with Crippen LogP contribution in [0.3, 0.4) is 0 Å². The van der Waals surface area contributed by atoms with Gasteiger partial charge in [-0.3, -0.25) is 4.21 Å². The van der Waals surface area contributed by atoms with Crippen LogP contribution in [0.25, 0.3) is 0 Å².